The quantitative estimate of drug-likeness (QED) is 0.396. The van der Waals surface area contributed by atoms with Gasteiger partial charge in [-0.3, -0.25) is 0 Å². The third-order valence-electron chi connectivity index (χ3n) is 3.33. The lowest BCUT2D eigenvalue weighted by atomic mass is 10.1. The minimum atomic E-state index is -5.81. The molecule has 0 aliphatic rings. The fraction of sp³-hybridized carbons (Fsp3) is 0.250. The van der Waals surface area contributed by atoms with Crippen LogP contribution in [-0.4, -0.2) is 30.0 Å². The maximum absolute atomic E-state index is 12.7. The number of benzene rings is 2. The number of nitrogens with zero attached hydrogens (tertiary/aromatic N) is 2. The Balaban J connectivity index is 2.81. The average molecular weight is 400 g/mol. The first-order valence-electron chi connectivity index (χ1n) is 7.08. The molecule has 2 nitrogen and oxygen atoms in total. The molecule has 0 fully saturated rings. The summed E-state index contributed by atoms with van der Waals surface area (Å²) in [5.74, 6) is 0. The van der Waals surface area contributed by atoms with Gasteiger partial charge in [-0.05, 0) is 24.4 Å². The first-order chi connectivity index (χ1) is 12.2. The lowest BCUT2D eigenvalue weighted by Crippen LogP contribution is -2.36. The van der Waals surface area contributed by atoms with E-state index < -0.39 is 41.3 Å². The van der Waals surface area contributed by atoms with Crippen LogP contribution in [0.1, 0.15) is 6.92 Å². The number of hydrogen-bond acceptors (Lipinski definition) is 2. The van der Waals surface area contributed by atoms with Crippen LogP contribution in [0.3, 0.4) is 0 Å². The van der Waals surface area contributed by atoms with E-state index in [-0.39, 0.29) is 10.8 Å². The van der Waals surface area contributed by atoms with Gasteiger partial charge in [0.05, 0.1) is 11.4 Å². The highest BCUT2D eigenvalue weighted by Crippen LogP contribution is 2.38. The second-order valence-corrected chi connectivity index (χ2v) is 5.30. The van der Waals surface area contributed by atoms with Gasteiger partial charge in [0.1, 0.15) is 5.71 Å². The van der Waals surface area contributed by atoms with Crippen LogP contribution in [0.25, 0.3) is 10.8 Å². The Labute approximate surface area is 146 Å². The molecular weight excluding hydrogens is 391 g/mol. The van der Waals surface area contributed by atoms with Gasteiger partial charge in [-0.25, -0.2) is 9.98 Å². The lowest BCUT2D eigenvalue weighted by Gasteiger charge is -2.14. The normalized spacial score (nSPS) is 13.8. The van der Waals surface area contributed by atoms with Crippen LogP contribution >= 0.6 is 0 Å². The van der Waals surface area contributed by atoms with Crippen molar-refractivity contribution >= 4 is 33.6 Å². The van der Waals surface area contributed by atoms with Crippen LogP contribution in [0.4, 0.5) is 50.9 Å². The van der Waals surface area contributed by atoms with E-state index in [9.17, 15) is 39.5 Å². The Morgan fingerprint density at radius 1 is 0.667 bits per heavy atom. The van der Waals surface area contributed by atoms with E-state index in [0.717, 1.165) is 18.2 Å². The highest BCUT2D eigenvalue weighted by Gasteiger charge is 2.53. The van der Waals surface area contributed by atoms with Crippen LogP contribution in [0.2, 0.25) is 0 Å². The largest absolute Gasteiger partial charge is 0.438 e. The van der Waals surface area contributed by atoms with E-state index in [0.29, 0.717) is 6.92 Å². The van der Waals surface area contributed by atoms with Crippen LogP contribution < -0.4 is 0 Å². The number of fused-ring (bicyclic) bond motifs is 1. The molecule has 0 spiro atoms. The van der Waals surface area contributed by atoms with Crippen molar-refractivity contribution in [1.82, 2.24) is 0 Å². The van der Waals surface area contributed by atoms with Gasteiger partial charge in [0.2, 0.25) is 5.71 Å². The van der Waals surface area contributed by atoms with Crippen molar-refractivity contribution in [2.75, 3.05) is 0 Å². The topological polar surface area (TPSA) is 24.7 Å². The van der Waals surface area contributed by atoms with Crippen LogP contribution in [-0.2, 0) is 0 Å². The molecule has 0 heterocycles. The van der Waals surface area contributed by atoms with Gasteiger partial charge in [-0.1, -0.05) is 24.3 Å². The molecule has 2 aromatic rings. The van der Waals surface area contributed by atoms with Crippen molar-refractivity contribution in [3.05, 3.63) is 36.4 Å². The number of alkyl halides is 9. The molecule has 146 valence electrons. The molecular formula is C16H9F9N2. The molecule has 2 rings (SSSR count). The smallest absolute Gasteiger partial charge is 0.248 e. The molecule has 0 N–H and O–H groups in total. The molecule has 0 bridgehead atoms. The molecule has 0 aliphatic carbocycles. The minimum Gasteiger partial charge on any atom is -0.248 e. The summed E-state index contributed by atoms with van der Waals surface area (Å²) in [7, 11) is 0. The Morgan fingerprint density at radius 2 is 1.11 bits per heavy atom. The molecule has 0 atom stereocenters. The summed E-state index contributed by atoms with van der Waals surface area (Å²) in [5, 5.41) is -0.286. The molecule has 0 saturated carbocycles. The Morgan fingerprint density at radius 3 is 1.52 bits per heavy atom. The predicted octanol–water partition coefficient (Wildman–Crippen LogP) is 6.69. The second-order valence-electron chi connectivity index (χ2n) is 5.30. The SMILES string of the molecule is CC(=Nc1cccc2cccc(N=C(C(F)(F)F)C(F)(F)F)c12)C(F)(F)F. The van der Waals surface area contributed by atoms with E-state index >= 15 is 0 Å². The first kappa shape index (κ1) is 20.7. The van der Waals surface area contributed by atoms with Gasteiger partial charge in [0.25, 0.3) is 0 Å². The van der Waals surface area contributed by atoms with Gasteiger partial charge >= 0.3 is 18.5 Å². The third-order valence-corrected chi connectivity index (χ3v) is 3.33. The van der Waals surface area contributed by atoms with Crippen molar-refractivity contribution in [3.8, 4) is 0 Å². The van der Waals surface area contributed by atoms with Crippen LogP contribution in [0.15, 0.2) is 46.4 Å². The maximum Gasteiger partial charge on any atom is 0.438 e. The van der Waals surface area contributed by atoms with Crippen molar-refractivity contribution in [3.63, 3.8) is 0 Å². The van der Waals surface area contributed by atoms with Crippen molar-refractivity contribution in [1.29, 1.82) is 0 Å². The van der Waals surface area contributed by atoms with Gasteiger partial charge in [0.15, 0.2) is 0 Å². The Hall–Kier alpha value is -2.59. The summed E-state index contributed by atoms with van der Waals surface area (Å²) >= 11 is 0. The number of aliphatic imine (C=N–C) groups is 2. The number of rotatable bonds is 2. The van der Waals surface area contributed by atoms with Gasteiger partial charge < -0.3 is 0 Å². The van der Waals surface area contributed by atoms with Gasteiger partial charge in [-0.2, -0.15) is 39.5 Å². The molecule has 2 aromatic carbocycles. The van der Waals surface area contributed by atoms with E-state index in [1.807, 2.05) is 0 Å². The molecule has 0 amide bonds. The summed E-state index contributed by atoms with van der Waals surface area (Å²) in [5.41, 5.74) is -5.59. The number of halogens is 9. The van der Waals surface area contributed by atoms with Crippen molar-refractivity contribution in [2.24, 2.45) is 9.98 Å². The zero-order chi connectivity index (χ0) is 20.6. The third kappa shape index (κ3) is 4.77. The van der Waals surface area contributed by atoms with E-state index in [4.69, 9.17) is 0 Å². The summed E-state index contributed by atoms with van der Waals surface area (Å²) < 4.78 is 115. The summed E-state index contributed by atoms with van der Waals surface area (Å²) in [6, 6.07) is 6.88. The molecule has 0 saturated heterocycles. The monoisotopic (exact) mass is 400 g/mol. The highest BCUT2D eigenvalue weighted by molar-refractivity contribution is 6.06. The summed E-state index contributed by atoms with van der Waals surface area (Å²) in [6.07, 6.45) is -16.4. The average Bonchev–Trinajstić information content (AvgIpc) is 2.49. The first-order valence-corrected chi connectivity index (χ1v) is 7.08. The van der Waals surface area contributed by atoms with E-state index in [2.05, 4.69) is 9.98 Å². The maximum atomic E-state index is 12.7. The molecule has 0 unspecified atom stereocenters. The molecule has 0 radical (unpaired) electrons. The number of hydrogen-bond donors (Lipinski definition) is 0. The molecule has 0 aliphatic heterocycles. The molecule has 27 heavy (non-hydrogen) atoms. The predicted molar refractivity (Wildman–Crippen MR) is 82.0 cm³/mol. The summed E-state index contributed by atoms with van der Waals surface area (Å²) in [6.45, 7) is 0.627. The summed E-state index contributed by atoms with van der Waals surface area (Å²) in [4.78, 5) is 5.99. The second kappa shape index (κ2) is 6.86. The lowest BCUT2D eigenvalue weighted by molar-refractivity contribution is -0.117. The van der Waals surface area contributed by atoms with E-state index in [1.165, 1.54) is 18.2 Å². The zero-order valence-electron chi connectivity index (χ0n) is 13.3. The van der Waals surface area contributed by atoms with Crippen LogP contribution in [0.5, 0.6) is 0 Å². The molecule has 0 aromatic heterocycles. The van der Waals surface area contributed by atoms with Crippen molar-refractivity contribution in [2.45, 2.75) is 25.5 Å². The molecule has 11 heteroatoms. The Kier molecular flexibility index (Phi) is 5.26. The van der Waals surface area contributed by atoms with Crippen molar-refractivity contribution < 1.29 is 39.5 Å². The van der Waals surface area contributed by atoms with Crippen LogP contribution in [0, 0.1) is 0 Å². The van der Waals surface area contributed by atoms with Gasteiger partial charge in [-0.15, -0.1) is 0 Å². The Bertz CT molecular complexity index is 881. The van der Waals surface area contributed by atoms with Gasteiger partial charge in [0, 0.05) is 5.39 Å². The highest BCUT2D eigenvalue weighted by atomic mass is 19.4. The standard InChI is InChI=1S/C16H9F9N2/c1-8(14(17,18)19)26-10-6-2-4-9-5-3-7-11(12(9)10)27-13(15(20,21)22)16(23,24)25/h2-7H,1H3. The fourth-order valence-corrected chi connectivity index (χ4v) is 2.14. The van der Waals surface area contributed by atoms with E-state index in [1.54, 1.807) is 0 Å². The minimum absolute atomic E-state index is 0.0798. The fourth-order valence-electron chi connectivity index (χ4n) is 2.14. The zero-order valence-corrected chi connectivity index (χ0v) is 13.3.